The summed E-state index contributed by atoms with van der Waals surface area (Å²) in [4.78, 5) is 0. The molecular formula is C25H26F4O2. The van der Waals surface area contributed by atoms with Crippen LogP contribution in [-0.4, -0.2) is 13.2 Å². The van der Waals surface area contributed by atoms with Gasteiger partial charge in [-0.25, -0.2) is 17.6 Å². The Bertz CT molecular complexity index is 966. The van der Waals surface area contributed by atoms with Crippen molar-refractivity contribution >= 4 is 0 Å². The quantitative estimate of drug-likeness (QED) is 0.346. The first kappa shape index (κ1) is 21.9. The molecule has 2 aromatic carbocycles. The number of hydrogen-bond acceptors (Lipinski definition) is 2. The summed E-state index contributed by atoms with van der Waals surface area (Å²) in [5.74, 6) is -1.50. The zero-order valence-electron chi connectivity index (χ0n) is 17.5. The molecule has 6 heteroatoms. The van der Waals surface area contributed by atoms with Crippen molar-refractivity contribution in [1.29, 1.82) is 0 Å². The topological polar surface area (TPSA) is 18.5 Å². The number of alkyl halides is 2. The van der Waals surface area contributed by atoms with Crippen molar-refractivity contribution in [3.8, 4) is 16.9 Å². The SMILES string of the molecule is C=CCCC1CCC(c2ccc3c(c2F)C(F)C(F)c2c-3ccc(OCC)c2F)OC1. The summed E-state index contributed by atoms with van der Waals surface area (Å²) in [6, 6.07) is 5.91. The van der Waals surface area contributed by atoms with Gasteiger partial charge in [-0.1, -0.05) is 24.3 Å². The highest BCUT2D eigenvalue weighted by Gasteiger charge is 2.40. The molecule has 0 radical (unpaired) electrons. The summed E-state index contributed by atoms with van der Waals surface area (Å²) in [5.41, 5.74) is -0.239. The van der Waals surface area contributed by atoms with Crippen LogP contribution in [0.1, 0.15) is 67.7 Å². The Kier molecular flexibility index (Phi) is 6.37. The van der Waals surface area contributed by atoms with Gasteiger partial charge in [-0.3, -0.25) is 0 Å². The average molecular weight is 434 g/mol. The van der Waals surface area contributed by atoms with Crippen molar-refractivity contribution in [1.82, 2.24) is 0 Å². The van der Waals surface area contributed by atoms with E-state index in [1.165, 1.54) is 18.2 Å². The maximum Gasteiger partial charge on any atom is 0.171 e. The third-order valence-electron chi connectivity index (χ3n) is 6.25. The minimum Gasteiger partial charge on any atom is -0.491 e. The fourth-order valence-corrected chi connectivity index (χ4v) is 4.63. The molecule has 0 aromatic heterocycles. The van der Waals surface area contributed by atoms with E-state index in [1.807, 2.05) is 6.08 Å². The van der Waals surface area contributed by atoms with Crippen LogP contribution in [0.2, 0.25) is 0 Å². The number of benzene rings is 2. The summed E-state index contributed by atoms with van der Waals surface area (Å²) in [6.07, 6.45) is 0.0706. The van der Waals surface area contributed by atoms with Crippen LogP contribution < -0.4 is 4.74 Å². The molecule has 1 aliphatic carbocycles. The maximum atomic E-state index is 15.4. The van der Waals surface area contributed by atoms with Gasteiger partial charge in [-0.15, -0.1) is 6.58 Å². The Labute approximate surface area is 179 Å². The summed E-state index contributed by atoms with van der Waals surface area (Å²) in [7, 11) is 0. The van der Waals surface area contributed by atoms with Crippen LogP contribution in [0.15, 0.2) is 36.9 Å². The minimum atomic E-state index is -2.32. The number of halogens is 4. The zero-order chi connectivity index (χ0) is 22.1. The van der Waals surface area contributed by atoms with Gasteiger partial charge >= 0.3 is 0 Å². The molecular weight excluding hydrogens is 408 g/mol. The van der Waals surface area contributed by atoms with Crippen LogP contribution in [0.25, 0.3) is 11.1 Å². The maximum absolute atomic E-state index is 15.4. The third kappa shape index (κ3) is 3.86. The van der Waals surface area contributed by atoms with Gasteiger partial charge in [0.2, 0.25) is 0 Å². The van der Waals surface area contributed by atoms with Crippen LogP contribution in [-0.2, 0) is 4.74 Å². The predicted molar refractivity (Wildman–Crippen MR) is 112 cm³/mol. The second-order valence-electron chi connectivity index (χ2n) is 8.14. The fraction of sp³-hybridized carbons (Fsp3) is 0.440. The summed E-state index contributed by atoms with van der Waals surface area (Å²) < 4.78 is 71.3. The molecule has 0 N–H and O–H groups in total. The van der Waals surface area contributed by atoms with Gasteiger partial charge in [-0.2, -0.15) is 0 Å². The second kappa shape index (κ2) is 9.03. The van der Waals surface area contributed by atoms with Crippen LogP contribution in [0, 0.1) is 17.6 Å². The fourth-order valence-electron chi connectivity index (χ4n) is 4.63. The number of allylic oxidation sites excluding steroid dienone is 1. The molecule has 166 valence electrons. The van der Waals surface area contributed by atoms with Gasteiger partial charge in [-0.05, 0) is 55.7 Å². The van der Waals surface area contributed by atoms with Gasteiger partial charge in [0, 0.05) is 16.7 Å². The first-order chi connectivity index (χ1) is 15.0. The highest BCUT2D eigenvalue weighted by atomic mass is 19.2. The molecule has 31 heavy (non-hydrogen) atoms. The van der Waals surface area contributed by atoms with E-state index in [2.05, 4.69) is 6.58 Å². The van der Waals surface area contributed by atoms with E-state index >= 15 is 8.78 Å². The molecule has 2 nitrogen and oxygen atoms in total. The third-order valence-corrected chi connectivity index (χ3v) is 6.25. The van der Waals surface area contributed by atoms with Crippen molar-refractivity contribution in [3.05, 3.63) is 65.2 Å². The lowest BCUT2D eigenvalue weighted by molar-refractivity contribution is -0.0209. The summed E-state index contributed by atoms with van der Waals surface area (Å²) in [6.45, 7) is 6.08. The van der Waals surface area contributed by atoms with Crippen LogP contribution >= 0.6 is 0 Å². The Morgan fingerprint density at radius 3 is 2.32 bits per heavy atom. The Morgan fingerprint density at radius 2 is 1.71 bits per heavy atom. The molecule has 1 aliphatic heterocycles. The predicted octanol–water partition coefficient (Wildman–Crippen LogP) is 7.50. The molecule has 0 bridgehead atoms. The largest absolute Gasteiger partial charge is 0.491 e. The molecule has 0 saturated carbocycles. The molecule has 1 saturated heterocycles. The van der Waals surface area contributed by atoms with Crippen LogP contribution in [0.5, 0.6) is 5.75 Å². The number of ether oxygens (including phenoxy) is 2. The number of fused-ring (bicyclic) bond motifs is 3. The first-order valence-electron chi connectivity index (χ1n) is 10.8. The van der Waals surface area contributed by atoms with Crippen molar-refractivity contribution < 1.29 is 27.0 Å². The number of hydrogen-bond donors (Lipinski definition) is 0. The van der Waals surface area contributed by atoms with Crippen molar-refractivity contribution in [3.63, 3.8) is 0 Å². The number of rotatable bonds is 6. The van der Waals surface area contributed by atoms with E-state index in [0.717, 1.165) is 19.3 Å². The lowest BCUT2D eigenvalue weighted by Gasteiger charge is -2.32. The highest BCUT2D eigenvalue weighted by molar-refractivity contribution is 5.76. The Morgan fingerprint density at radius 1 is 1.03 bits per heavy atom. The standard InChI is InChI=1S/C25H26F4O2/c1-3-5-6-14-7-11-18(31-13-14)17-9-8-15-16-10-12-19(30-4-2)23(27)21(16)25(29)24(28)20(15)22(17)26/h3,8-10,12,14,18,24-25H,1,4-7,11,13H2,2H3. The van der Waals surface area contributed by atoms with Gasteiger partial charge in [0.25, 0.3) is 0 Å². The second-order valence-corrected chi connectivity index (χ2v) is 8.14. The molecule has 2 aromatic rings. The van der Waals surface area contributed by atoms with Gasteiger partial charge in [0.1, 0.15) is 5.82 Å². The molecule has 4 atom stereocenters. The molecule has 4 unspecified atom stereocenters. The smallest absolute Gasteiger partial charge is 0.171 e. The summed E-state index contributed by atoms with van der Waals surface area (Å²) >= 11 is 0. The molecule has 4 rings (SSSR count). The Balaban J connectivity index is 1.68. The van der Waals surface area contributed by atoms with E-state index in [9.17, 15) is 8.78 Å². The molecule has 2 aliphatic rings. The van der Waals surface area contributed by atoms with Crippen molar-refractivity contribution in [2.45, 2.75) is 51.1 Å². The molecule has 1 fully saturated rings. The first-order valence-corrected chi connectivity index (χ1v) is 10.8. The van der Waals surface area contributed by atoms with E-state index in [1.54, 1.807) is 13.0 Å². The van der Waals surface area contributed by atoms with Gasteiger partial charge in [0.15, 0.2) is 23.9 Å². The minimum absolute atomic E-state index is 0.141. The Hall–Kier alpha value is -2.34. The van der Waals surface area contributed by atoms with E-state index < -0.39 is 35.6 Å². The summed E-state index contributed by atoms with van der Waals surface area (Å²) in [5, 5.41) is 0. The van der Waals surface area contributed by atoms with E-state index in [0.29, 0.717) is 18.9 Å². The van der Waals surface area contributed by atoms with E-state index in [-0.39, 0.29) is 34.6 Å². The van der Waals surface area contributed by atoms with Gasteiger partial charge < -0.3 is 9.47 Å². The van der Waals surface area contributed by atoms with Crippen molar-refractivity contribution in [2.75, 3.05) is 13.2 Å². The monoisotopic (exact) mass is 434 g/mol. The molecule has 0 amide bonds. The normalized spacial score (nSPS) is 24.9. The average Bonchev–Trinajstić information content (AvgIpc) is 2.78. The molecule has 0 spiro atoms. The van der Waals surface area contributed by atoms with Crippen molar-refractivity contribution in [2.24, 2.45) is 5.92 Å². The molecule has 1 heterocycles. The highest BCUT2D eigenvalue weighted by Crippen LogP contribution is 2.52. The lowest BCUT2D eigenvalue weighted by atomic mass is 9.80. The van der Waals surface area contributed by atoms with Crippen LogP contribution in [0.4, 0.5) is 17.6 Å². The van der Waals surface area contributed by atoms with Crippen LogP contribution in [0.3, 0.4) is 0 Å². The van der Waals surface area contributed by atoms with Gasteiger partial charge in [0.05, 0.1) is 19.3 Å². The zero-order valence-corrected chi connectivity index (χ0v) is 17.5. The lowest BCUT2D eigenvalue weighted by Crippen LogP contribution is -2.23. The van der Waals surface area contributed by atoms with E-state index in [4.69, 9.17) is 9.47 Å².